The smallest absolute Gasteiger partial charge is 0.224 e. The summed E-state index contributed by atoms with van der Waals surface area (Å²) in [6.45, 7) is 9.76. The fourth-order valence-corrected chi connectivity index (χ4v) is 9.67. The number of likely N-dealkylation sites (tertiary alicyclic amines) is 1. The molecule has 0 aromatic heterocycles. The molecule has 2 saturated heterocycles. The molecule has 302 valence electrons. The quantitative estimate of drug-likeness (QED) is 0.0702. The van der Waals surface area contributed by atoms with Gasteiger partial charge >= 0.3 is 0 Å². The van der Waals surface area contributed by atoms with Gasteiger partial charge in [0, 0.05) is 50.5 Å². The number of carbonyl (C=O) groups is 2. The zero-order valence-electron chi connectivity index (χ0n) is 33.8. The van der Waals surface area contributed by atoms with Crippen molar-refractivity contribution in [2.24, 2.45) is 10.8 Å². The number of rotatable bonds is 15. The van der Waals surface area contributed by atoms with Crippen molar-refractivity contribution in [3.8, 4) is 11.1 Å². The second-order valence-corrected chi connectivity index (χ2v) is 17.8. The summed E-state index contributed by atoms with van der Waals surface area (Å²) in [5.41, 5.74) is 13.9. The molecule has 4 aromatic carbocycles. The van der Waals surface area contributed by atoms with Gasteiger partial charge in [-0.3, -0.25) is 14.5 Å². The topological polar surface area (TPSA) is 126 Å². The molecule has 1 aliphatic carbocycles. The molecule has 2 aliphatic heterocycles. The van der Waals surface area contributed by atoms with Crippen LogP contribution in [-0.2, 0) is 32.2 Å². The van der Waals surface area contributed by atoms with Crippen LogP contribution in [0.1, 0.15) is 113 Å². The van der Waals surface area contributed by atoms with Gasteiger partial charge in [0.2, 0.25) is 11.8 Å². The van der Waals surface area contributed by atoms with Crippen LogP contribution in [0.4, 0.5) is 11.4 Å². The molecule has 1 saturated carbocycles. The minimum absolute atomic E-state index is 0.000756. The van der Waals surface area contributed by atoms with E-state index in [1.165, 1.54) is 19.3 Å². The fraction of sp³-hybridized carbons (Fsp3) is 0.458. The van der Waals surface area contributed by atoms with E-state index in [2.05, 4.69) is 84.8 Å². The van der Waals surface area contributed by atoms with E-state index in [1.54, 1.807) is 12.1 Å². The Labute approximate surface area is 338 Å². The molecule has 4 aromatic rings. The molecule has 0 radical (unpaired) electrons. The SMILES string of the molecule is CC1(C)CC2CC(C)(CN2C[C@H]2C[C@@H](c3ccc(CO)cc3)O[C@@H](c3cccc(-c4cccc(CNC(=O)CCCCCC(=O)Nc5ccccc5N)c4)c3)O2)C1. The number of aliphatic hydroxyl groups is 1. The van der Waals surface area contributed by atoms with Gasteiger partial charge in [-0.15, -0.1) is 0 Å². The Hall–Kier alpha value is -4.54. The fourth-order valence-electron chi connectivity index (χ4n) is 9.67. The lowest BCUT2D eigenvalue weighted by Crippen LogP contribution is -2.42. The molecule has 0 spiro atoms. The number of unbranched alkanes of at least 4 members (excludes halogenated alkanes) is 2. The number of hydrogen-bond acceptors (Lipinski definition) is 7. The largest absolute Gasteiger partial charge is 0.397 e. The van der Waals surface area contributed by atoms with Crippen molar-refractivity contribution in [1.29, 1.82) is 0 Å². The zero-order chi connectivity index (χ0) is 40.0. The Morgan fingerprint density at radius 1 is 0.807 bits per heavy atom. The first-order valence-electron chi connectivity index (χ1n) is 20.8. The number of nitrogens with zero attached hydrogens (tertiary/aromatic N) is 1. The van der Waals surface area contributed by atoms with Crippen LogP contribution in [0.2, 0.25) is 0 Å². The maximum atomic E-state index is 12.7. The van der Waals surface area contributed by atoms with Crippen molar-refractivity contribution in [2.75, 3.05) is 24.1 Å². The third kappa shape index (κ3) is 10.7. The molecule has 3 fully saturated rings. The molecule has 2 bridgehead atoms. The molecule has 9 nitrogen and oxygen atoms in total. The number of para-hydroxylation sites is 2. The van der Waals surface area contributed by atoms with Crippen LogP contribution in [0, 0.1) is 10.8 Å². The Bertz CT molecular complexity index is 2000. The maximum absolute atomic E-state index is 12.7. The Balaban J connectivity index is 0.954. The predicted molar refractivity (Wildman–Crippen MR) is 226 cm³/mol. The molecule has 9 heteroatoms. The lowest BCUT2D eigenvalue weighted by atomic mass is 9.65. The van der Waals surface area contributed by atoms with E-state index in [1.807, 2.05) is 36.4 Å². The molecule has 7 rings (SSSR count). The Morgan fingerprint density at radius 2 is 1.54 bits per heavy atom. The van der Waals surface area contributed by atoms with Crippen molar-refractivity contribution in [2.45, 2.75) is 116 Å². The van der Waals surface area contributed by atoms with Gasteiger partial charge < -0.3 is 30.9 Å². The first-order chi connectivity index (χ1) is 27.4. The van der Waals surface area contributed by atoms with E-state index in [0.29, 0.717) is 54.1 Å². The summed E-state index contributed by atoms with van der Waals surface area (Å²) in [4.78, 5) is 27.7. The zero-order valence-corrected chi connectivity index (χ0v) is 33.8. The van der Waals surface area contributed by atoms with E-state index >= 15 is 0 Å². The molecule has 57 heavy (non-hydrogen) atoms. The standard InChI is InChI=1S/C48H60N4O5/c1-47(2)26-39-27-48(3,31-47)32-52(39)29-40-25-43(35-21-19-33(30-53)20-22-35)57-46(56-40)38-14-10-13-37(24-38)36-12-9-11-34(23-36)28-50-44(54)17-5-4-6-18-45(55)51-42-16-8-7-15-41(42)49/h7-16,19-24,39-40,43,46,53H,4-6,17-18,25-32,49H2,1-3H3,(H,50,54)(H,51,55)/t39?,40-,43+,46+,48?/m1/s1. The van der Waals surface area contributed by atoms with Gasteiger partial charge in [0.1, 0.15) is 0 Å². The van der Waals surface area contributed by atoms with Crippen molar-refractivity contribution < 1.29 is 24.2 Å². The van der Waals surface area contributed by atoms with Crippen molar-refractivity contribution in [3.63, 3.8) is 0 Å². The summed E-state index contributed by atoms with van der Waals surface area (Å²) < 4.78 is 13.6. The molecular formula is C48H60N4O5. The Kier molecular flexibility index (Phi) is 12.8. The number of fused-ring (bicyclic) bond motifs is 2. The van der Waals surface area contributed by atoms with Gasteiger partial charge in [0.25, 0.3) is 0 Å². The second kappa shape index (κ2) is 17.9. The lowest BCUT2D eigenvalue weighted by Gasteiger charge is -2.41. The number of ether oxygens (including phenoxy) is 2. The van der Waals surface area contributed by atoms with E-state index in [0.717, 1.165) is 65.7 Å². The predicted octanol–water partition coefficient (Wildman–Crippen LogP) is 9.08. The molecule has 5 atom stereocenters. The number of nitrogens with two attached hydrogens (primary N) is 1. The maximum Gasteiger partial charge on any atom is 0.224 e. The monoisotopic (exact) mass is 772 g/mol. The van der Waals surface area contributed by atoms with Crippen LogP contribution < -0.4 is 16.4 Å². The van der Waals surface area contributed by atoms with Crippen molar-refractivity contribution in [1.82, 2.24) is 10.2 Å². The highest BCUT2D eigenvalue weighted by molar-refractivity contribution is 5.93. The average molecular weight is 773 g/mol. The summed E-state index contributed by atoms with van der Waals surface area (Å²) in [5, 5.41) is 15.6. The number of carbonyl (C=O) groups excluding carboxylic acids is 2. The summed E-state index contributed by atoms with van der Waals surface area (Å²) >= 11 is 0. The third-order valence-electron chi connectivity index (χ3n) is 12.0. The van der Waals surface area contributed by atoms with Gasteiger partial charge in [0.05, 0.1) is 30.2 Å². The lowest BCUT2D eigenvalue weighted by molar-refractivity contribution is -0.253. The average Bonchev–Trinajstić information content (AvgIpc) is 3.44. The highest BCUT2D eigenvalue weighted by atomic mass is 16.7. The van der Waals surface area contributed by atoms with Crippen molar-refractivity contribution in [3.05, 3.63) is 119 Å². The van der Waals surface area contributed by atoms with E-state index in [4.69, 9.17) is 15.2 Å². The van der Waals surface area contributed by atoms with Gasteiger partial charge in [-0.25, -0.2) is 0 Å². The van der Waals surface area contributed by atoms with Crippen LogP contribution in [0.25, 0.3) is 11.1 Å². The second-order valence-electron chi connectivity index (χ2n) is 17.8. The number of hydrogen-bond donors (Lipinski definition) is 4. The molecule has 3 aliphatic rings. The number of benzene rings is 4. The van der Waals surface area contributed by atoms with E-state index in [9.17, 15) is 14.7 Å². The number of anilines is 2. The number of nitrogen functional groups attached to an aromatic ring is 1. The first-order valence-corrected chi connectivity index (χ1v) is 20.8. The summed E-state index contributed by atoms with van der Waals surface area (Å²) in [7, 11) is 0. The van der Waals surface area contributed by atoms with Crippen LogP contribution in [-0.4, -0.2) is 47.1 Å². The van der Waals surface area contributed by atoms with Gasteiger partial charge in [-0.1, -0.05) is 100.0 Å². The minimum Gasteiger partial charge on any atom is -0.397 e. The van der Waals surface area contributed by atoms with Crippen LogP contribution in [0.3, 0.4) is 0 Å². The van der Waals surface area contributed by atoms with Gasteiger partial charge in [-0.2, -0.15) is 0 Å². The van der Waals surface area contributed by atoms with E-state index in [-0.39, 0.29) is 30.6 Å². The summed E-state index contributed by atoms with van der Waals surface area (Å²) in [6.07, 6.45) is 6.88. The number of amides is 2. The summed E-state index contributed by atoms with van der Waals surface area (Å²) in [5.74, 6) is -0.0703. The first kappa shape index (κ1) is 40.6. The molecule has 2 unspecified atom stereocenters. The van der Waals surface area contributed by atoms with Crippen LogP contribution in [0.5, 0.6) is 0 Å². The Morgan fingerprint density at radius 3 is 2.32 bits per heavy atom. The molecular weight excluding hydrogens is 713 g/mol. The summed E-state index contributed by atoms with van der Waals surface area (Å²) in [6, 6.07) is 32.6. The van der Waals surface area contributed by atoms with Crippen LogP contribution in [0.15, 0.2) is 97.1 Å². The van der Waals surface area contributed by atoms with Crippen molar-refractivity contribution >= 4 is 23.2 Å². The molecule has 2 heterocycles. The third-order valence-corrected chi connectivity index (χ3v) is 12.0. The van der Waals surface area contributed by atoms with Gasteiger partial charge in [0.15, 0.2) is 6.29 Å². The highest BCUT2D eigenvalue weighted by Crippen LogP contribution is 2.53. The van der Waals surface area contributed by atoms with Gasteiger partial charge in [-0.05, 0) is 95.0 Å². The molecule has 2 amide bonds. The minimum atomic E-state index is -0.528. The highest BCUT2D eigenvalue weighted by Gasteiger charge is 2.50. The van der Waals surface area contributed by atoms with Crippen LogP contribution >= 0.6 is 0 Å². The van der Waals surface area contributed by atoms with E-state index < -0.39 is 6.29 Å². The number of aliphatic hydroxyl groups excluding tert-OH is 1. The molecule has 5 N–H and O–H groups in total. The number of nitrogens with one attached hydrogen (secondary N) is 2. The normalized spacial score (nSPS) is 24.2.